The average Bonchev–Trinajstić information content (AvgIpc) is 2.59. The molecule has 1 aromatic carbocycles. The SMILES string of the molecule is COC(=O)c1ccc(NC(=O)CNC23CC4CC(CC(C4)C2)C3)cc1. The van der Waals surface area contributed by atoms with E-state index < -0.39 is 0 Å². The van der Waals surface area contributed by atoms with Crippen LogP contribution in [-0.4, -0.2) is 31.1 Å². The van der Waals surface area contributed by atoms with Crippen molar-refractivity contribution in [1.29, 1.82) is 0 Å². The molecule has 0 radical (unpaired) electrons. The number of rotatable bonds is 5. The smallest absolute Gasteiger partial charge is 0.337 e. The lowest BCUT2D eigenvalue weighted by atomic mass is 9.53. The number of esters is 1. The van der Waals surface area contributed by atoms with Gasteiger partial charge in [-0.25, -0.2) is 4.79 Å². The topological polar surface area (TPSA) is 67.4 Å². The fourth-order valence-electron chi connectivity index (χ4n) is 5.61. The van der Waals surface area contributed by atoms with Gasteiger partial charge in [-0.15, -0.1) is 0 Å². The number of carbonyl (C=O) groups excluding carboxylic acids is 2. The Morgan fingerprint density at radius 3 is 2.12 bits per heavy atom. The Morgan fingerprint density at radius 2 is 1.60 bits per heavy atom. The second-order valence-corrected chi connectivity index (χ2v) is 8.17. The van der Waals surface area contributed by atoms with Gasteiger partial charge in [0, 0.05) is 11.2 Å². The number of methoxy groups -OCH3 is 1. The summed E-state index contributed by atoms with van der Waals surface area (Å²) in [5.41, 5.74) is 1.37. The molecule has 0 aromatic heterocycles. The van der Waals surface area contributed by atoms with E-state index in [9.17, 15) is 9.59 Å². The molecule has 4 aliphatic carbocycles. The van der Waals surface area contributed by atoms with Gasteiger partial charge in [0.1, 0.15) is 0 Å². The largest absolute Gasteiger partial charge is 0.465 e. The molecular weight excluding hydrogens is 316 g/mol. The molecule has 0 atom stereocenters. The van der Waals surface area contributed by atoms with E-state index in [1.807, 2.05) is 0 Å². The maximum absolute atomic E-state index is 12.3. The van der Waals surface area contributed by atoms with Crippen molar-refractivity contribution < 1.29 is 14.3 Å². The Morgan fingerprint density at radius 1 is 1.04 bits per heavy atom. The highest BCUT2D eigenvalue weighted by Gasteiger charge is 2.50. The molecule has 4 fully saturated rings. The molecule has 0 saturated heterocycles. The predicted octanol–water partition coefficient (Wildman–Crippen LogP) is 2.97. The quantitative estimate of drug-likeness (QED) is 0.807. The Labute approximate surface area is 148 Å². The van der Waals surface area contributed by atoms with Crippen LogP contribution in [0, 0.1) is 17.8 Å². The van der Waals surface area contributed by atoms with E-state index in [4.69, 9.17) is 0 Å². The van der Waals surface area contributed by atoms with Gasteiger partial charge in [0.05, 0.1) is 19.2 Å². The number of nitrogens with one attached hydrogen (secondary N) is 2. The van der Waals surface area contributed by atoms with Gasteiger partial charge < -0.3 is 15.4 Å². The maximum atomic E-state index is 12.3. The number of ether oxygens (including phenoxy) is 1. The predicted molar refractivity (Wildman–Crippen MR) is 95.3 cm³/mol. The summed E-state index contributed by atoms with van der Waals surface area (Å²) >= 11 is 0. The molecule has 4 aliphatic rings. The van der Waals surface area contributed by atoms with Gasteiger partial charge in [-0.1, -0.05) is 0 Å². The summed E-state index contributed by atoms with van der Waals surface area (Å²) in [5.74, 6) is 2.20. The maximum Gasteiger partial charge on any atom is 0.337 e. The summed E-state index contributed by atoms with van der Waals surface area (Å²) in [6.45, 7) is 0.352. The van der Waals surface area contributed by atoms with Crippen molar-refractivity contribution in [3.63, 3.8) is 0 Å². The minimum absolute atomic E-state index is 0.0263. The molecule has 134 valence electrons. The second kappa shape index (κ2) is 6.45. The molecule has 1 amide bonds. The van der Waals surface area contributed by atoms with Gasteiger partial charge in [-0.3, -0.25) is 4.79 Å². The van der Waals surface area contributed by atoms with Gasteiger partial charge in [0.15, 0.2) is 0 Å². The van der Waals surface area contributed by atoms with Crippen LogP contribution in [0.5, 0.6) is 0 Å². The molecule has 0 spiro atoms. The third-order valence-corrected chi connectivity index (χ3v) is 6.25. The monoisotopic (exact) mass is 342 g/mol. The van der Waals surface area contributed by atoms with E-state index in [0.717, 1.165) is 17.8 Å². The summed E-state index contributed by atoms with van der Waals surface area (Å²) in [7, 11) is 1.36. The van der Waals surface area contributed by atoms with Crippen LogP contribution in [0.2, 0.25) is 0 Å². The minimum atomic E-state index is -0.374. The fraction of sp³-hybridized carbons (Fsp3) is 0.600. The molecule has 5 rings (SSSR count). The number of carbonyl (C=O) groups is 2. The van der Waals surface area contributed by atoms with Crippen LogP contribution >= 0.6 is 0 Å². The first-order valence-electron chi connectivity index (χ1n) is 9.28. The Kier molecular flexibility index (Phi) is 4.28. The van der Waals surface area contributed by atoms with Crippen molar-refractivity contribution >= 4 is 17.6 Å². The first-order valence-corrected chi connectivity index (χ1v) is 9.28. The fourth-order valence-corrected chi connectivity index (χ4v) is 5.61. The highest BCUT2D eigenvalue weighted by atomic mass is 16.5. The highest BCUT2D eigenvalue weighted by Crippen LogP contribution is 2.55. The molecular formula is C20H26N2O3. The zero-order chi connectivity index (χ0) is 17.4. The molecule has 2 N–H and O–H groups in total. The molecule has 4 bridgehead atoms. The number of amides is 1. The van der Waals surface area contributed by atoms with E-state index in [1.165, 1.54) is 45.6 Å². The molecule has 5 heteroatoms. The lowest BCUT2D eigenvalue weighted by Gasteiger charge is -2.57. The Bertz CT molecular complexity index is 633. The number of hydrogen-bond donors (Lipinski definition) is 2. The van der Waals surface area contributed by atoms with E-state index >= 15 is 0 Å². The van der Waals surface area contributed by atoms with Crippen molar-refractivity contribution in [1.82, 2.24) is 5.32 Å². The van der Waals surface area contributed by atoms with E-state index in [-0.39, 0.29) is 17.4 Å². The first kappa shape index (κ1) is 16.6. The van der Waals surface area contributed by atoms with Crippen molar-refractivity contribution in [2.75, 3.05) is 19.0 Å². The van der Waals surface area contributed by atoms with Crippen molar-refractivity contribution in [3.8, 4) is 0 Å². The third-order valence-electron chi connectivity index (χ3n) is 6.25. The number of benzene rings is 1. The molecule has 0 unspecified atom stereocenters. The van der Waals surface area contributed by atoms with Crippen LogP contribution in [0.4, 0.5) is 5.69 Å². The van der Waals surface area contributed by atoms with Crippen LogP contribution in [0.3, 0.4) is 0 Å². The van der Waals surface area contributed by atoms with E-state index in [1.54, 1.807) is 24.3 Å². The van der Waals surface area contributed by atoms with Crippen LogP contribution in [-0.2, 0) is 9.53 Å². The normalized spacial score (nSPS) is 32.4. The second-order valence-electron chi connectivity index (χ2n) is 8.17. The average molecular weight is 342 g/mol. The summed E-state index contributed by atoms with van der Waals surface area (Å²) < 4.78 is 4.68. The summed E-state index contributed by atoms with van der Waals surface area (Å²) in [4.78, 5) is 23.8. The molecule has 0 aliphatic heterocycles. The lowest BCUT2D eigenvalue weighted by Crippen LogP contribution is -2.59. The minimum Gasteiger partial charge on any atom is -0.465 e. The zero-order valence-corrected chi connectivity index (χ0v) is 14.7. The Hall–Kier alpha value is -1.88. The van der Waals surface area contributed by atoms with Crippen LogP contribution in [0.25, 0.3) is 0 Å². The number of hydrogen-bond acceptors (Lipinski definition) is 4. The zero-order valence-electron chi connectivity index (χ0n) is 14.7. The van der Waals surface area contributed by atoms with Crippen LogP contribution in [0.15, 0.2) is 24.3 Å². The summed E-state index contributed by atoms with van der Waals surface area (Å²) in [6, 6.07) is 6.78. The van der Waals surface area contributed by atoms with Crippen LogP contribution < -0.4 is 10.6 Å². The third kappa shape index (κ3) is 3.43. The standard InChI is InChI=1S/C20H26N2O3/c1-25-19(24)16-2-4-17(5-3-16)22-18(23)12-21-20-9-13-6-14(10-20)8-15(7-13)11-20/h2-5,13-15,21H,6-12H2,1H3,(H,22,23). The molecule has 25 heavy (non-hydrogen) atoms. The molecule has 4 saturated carbocycles. The van der Waals surface area contributed by atoms with Crippen molar-refractivity contribution in [2.45, 2.75) is 44.1 Å². The Balaban J connectivity index is 1.31. The van der Waals surface area contributed by atoms with Gasteiger partial charge >= 0.3 is 5.97 Å². The van der Waals surface area contributed by atoms with E-state index in [0.29, 0.717) is 17.8 Å². The van der Waals surface area contributed by atoms with Crippen molar-refractivity contribution in [2.24, 2.45) is 17.8 Å². The molecule has 5 nitrogen and oxygen atoms in total. The molecule has 1 aromatic rings. The summed E-state index contributed by atoms with van der Waals surface area (Å²) in [5, 5.41) is 6.50. The highest BCUT2D eigenvalue weighted by molar-refractivity contribution is 5.94. The van der Waals surface area contributed by atoms with Crippen molar-refractivity contribution in [3.05, 3.63) is 29.8 Å². The van der Waals surface area contributed by atoms with Gasteiger partial charge in [0.2, 0.25) is 5.91 Å². The summed E-state index contributed by atoms with van der Waals surface area (Å²) in [6.07, 6.45) is 7.92. The number of anilines is 1. The lowest BCUT2D eigenvalue weighted by molar-refractivity contribution is -0.116. The van der Waals surface area contributed by atoms with Gasteiger partial charge in [0.25, 0.3) is 0 Å². The molecule has 0 heterocycles. The van der Waals surface area contributed by atoms with Gasteiger partial charge in [-0.2, -0.15) is 0 Å². The van der Waals surface area contributed by atoms with E-state index in [2.05, 4.69) is 15.4 Å². The first-order chi connectivity index (χ1) is 12.0. The van der Waals surface area contributed by atoms with Gasteiger partial charge in [-0.05, 0) is 80.5 Å². The van der Waals surface area contributed by atoms with Crippen LogP contribution in [0.1, 0.15) is 48.9 Å².